The van der Waals surface area contributed by atoms with Crippen LogP contribution in [0.5, 0.6) is 11.5 Å². The first kappa shape index (κ1) is 34.0. The quantitative estimate of drug-likeness (QED) is 0.162. The fraction of sp³-hybridized carbons (Fsp3) is 0.306. The Hall–Kier alpha value is -5.34. The van der Waals surface area contributed by atoms with E-state index in [0.29, 0.717) is 63.2 Å². The molecule has 12 heteroatoms. The van der Waals surface area contributed by atoms with Crippen LogP contribution in [0.15, 0.2) is 73.1 Å². The van der Waals surface area contributed by atoms with Gasteiger partial charge in [-0.05, 0) is 76.9 Å². The van der Waals surface area contributed by atoms with Crippen molar-refractivity contribution in [1.29, 1.82) is 5.26 Å². The summed E-state index contributed by atoms with van der Waals surface area (Å²) in [4.78, 5) is 36.2. The van der Waals surface area contributed by atoms with E-state index >= 15 is 0 Å². The van der Waals surface area contributed by atoms with E-state index in [1.165, 1.54) is 12.3 Å². The Bertz CT molecular complexity index is 1870. The minimum absolute atomic E-state index is 0.259. The van der Waals surface area contributed by atoms with E-state index in [2.05, 4.69) is 26.7 Å². The van der Waals surface area contributed by atoms with Gasteiger partial charge in [0.25, 0.3) is 0 Å². The van der Waals surface area contributed by atoms with Gasteiger partial charge in [-0.2, -0.15) is 5.26 Å². The number of rotatable bonds is 10. The maximum Gasteiger partial charge on any atom is 0.410 e. The van der Waals surface area contributed by atoms with Crippen LogP contribution in [0.2, 0.25) is 5.02 Å². The molecule has 48 heavy (non-hydrogen) atoms. The number of aromatic nitrogens is 2. The van der Waals surface area contributed by atoms with Crippen LogP contribution in [0.4, 0.5) is 21.9 Å². The average Bonchev–Trinajstić information content (AvgIpc) is 3.53. The molecule has 248 valence electrons. The molecule has 4 aromatic rings. The molecule has 0 unspecified atom stereocenters. The summed E-state index contributed by atoms with van der Waals surface area (Å²) in [6, 6.07) is 16.2. The second kappa shape index (κ2) is 15.0. The molecule has 0 bridgehead atoms. The molecule has 2 aromatic carbocycles. The van der Waals surface area contributed by atoms with Crippen LogP contribution >= 0.6 is 11.6 Å². The van der Waals surface area contributed by atoms with Crippen molar-refractivity contribution >= 4 is 51.6 Å². The highest BCUT2D eigenvalue weighted by atomic mass is 35.5. The number of benzene rings is 2. The maximum atomic E-state index is 13.2. The predicted molar refractivity (Wildman–Crippen MR) is 185 cm³/mol. The highest BCUT2D eigenvalue weighted by Gasteiger charge is 2.30. The maximum absolute atomic E-state index is 13.2. The van der Waals surface area contributed by atoms with Gasteiger partial charge in [0.1, 0.15) is 29.8 Å². The van der Waals surface area contributed by atoms with Gasteiger partial charge in [0.15, 0.2) is 0 Å². The van der Waals surface area contributed by atoms with Crippen molar-refractivity contribution in [2.45, 2.75) is 58.8 Å². The zero-order valence-electron chi connectivity index (χ0n) is 27.2. The molecular weight excluding hydrogens is 632 g/mol. The van der Waals surface area contributed by atoms with Crippen LogP contribution in [0.3, 0.4) is 0 Å². The number of ether oxygens (including phenoxy) is 3. The number of carbonyl (C=O) groups excluding carboxylic acids is 2. The van der Waals surface area contributed by atoms with E-state index in [1.807, 2.05) is 45.9 Å². The molecule has 0 saturated carbocycles. The Kier molecular flexibility index (Phi) is 10.7. The van der Waals surface area contributed by atoms with Crippen molar-refractivity contribution in [1.82, 2.24) is 14.9 Å². The summed E-state index contributed by atoms with van der Waals surface area (Å²) in [6.45, 7) is 8.47. The van der Waals surface area contributed by atoms with Gasteiger partial charge < -0.3 is 29.7 Å². The van der Waals surface area contributed by atoms with Crippen LogP contribution in [0.25, 0.3) is 10.9 Å². The summed E-state index contributed by atoms with van der Waals surface area (Å²) in [6.07, 6.45) is 7.43. The lowest BCUT2D eigenvalue weighted by Gasteiger charge is -2.27. The first-order valence-electron chi connectivity index (χ1n) is 15.6. The van der Waals surface area contributed by atoms with Gasteiger partial charge in [0.05, 0.1) is 45.8 Å². The number of fused-ring (bicyclic) bond motifs is 1. The van der Waals surface area contributed by atoms with Gasteiger partial charge in [-0.25, -0.2) is 4.79 Å². The van der Waals surface area contributed by atoms with Crippen LogP contribution in [-0.2, 0) is 16.1 Å². The van der Waals surface area contributed by atoms with Crippen molar-refractivity contribution < 1.29 is 23.8 Å². The van der Waals surface area contributed by atoms with Crippen LogP contribution in [-0.4, -0.2) is 51.7 Å². The molecule has 5 rings (SSSR count). The van der Waals surface area contributed by atoms with Gasteiger partial charge in [0.2, 0.25) is 5.91 Å². The minimum atomic E-state index is -0.615. The number of nitrogens with one attached hydrogen (secondary N) is 2. The van der Waals surface area contributed by atoms with Gasteiger partial charge >= 0.3 is 6.09 Å². The largest absolute Gasteiger partial charge is 0.492 e. The van der Waals surface area contributed by atoms with E-state index in [-0.39, 0.29) is 12.6 Å². The lowest BCUT2D eigenvalue weighted by atomic mass is 10.1. The lowest BCUT2D eigenvalue weighted by Crippen LogP contribution is -2.39. The number of likely N-dealkylation sites (tertiary alicyclic amines) is 1. The molecule has 11 nitrogen and oxygen atoms in total. The third-order valence-electron chi connectivity index (χ3n) is 7.35. The number of hydrogen-bond acceptors (Lipinski definition) is 9. The van der Waals surface area contributed by atoms with Gasteiger partial charge in [-0.15, -0.1) is 0 Å². The lowest BCUT2D eigenvalue weighted by molar-refractivity contribution is -0.112. The molecule has 1 aliphatic rings. The van der Waals surface area contributed by atoms with Crippen LogP contribution < -0.4 is 20.1 Å². The fourth-order valence-electron chi connectivity index (χ4n) is 5.20. The van der Waals surface area contributed by atoms with E-state index in [9.17, 15) is 14.9 Å². The Balaban J connectivity index is 1.38. The van der Waals surface area contributed by atoms with Crippen LogP contribution in [0.1, 0.15) is 51.8 Å². The van der Waals surface area contributed by atoms with Crippen molar-refractivity contribution in [3.63, 3.8) is 0 Å². The smallest absolute Gasteiger partial charge is 0.410 e. The van der Waals surface area contributed by atoms with E-state index in [0.717, 1.165) is 18.5 Å². The molecule has 0 spiro atoms. The molecule has 1 fully saturated rings. The normalized spacial score (nSPS) is 14.5. The molecule has 1 aliphatic heterocycles. The molecule has 3 heterocycles. The summed E-state index contributed by atoms with van der Waals surface area (Å²) in [5.41, 5.74) is 2.48. The number of amides is 2. The predicted octanol–water partition coefficient (Wildman–Crippen LogP) is 7.77. The Morgan fingerprint density at radius 3 is 2.67 bits per heavy atom. The Morgan fingerprint density at radius 1 is 1.12 bits per heavy atom. The summed E-state index contributed by atoms with van der Waals surface area (Å²) < 4.78 is 17.2. The molecule has 0 aliphatic carbocycles. The number of hydrogen-bond donors (Lipinski definition) is 2. The topological polar surface area (TPSA) is 139 Å². The first-order chi connectivity index (χ1) is 23.0. The number of carbonyl (C=O) groups is 2. The van der Waals surface area contributed by atoms with E-state index < -0.39 is 17.6 Å². The molecule has 2 amide bonds. The number of anilines is 3. The average molecular weight is 669 g/mol. The Labute approximate surface area is 284 Å². The van der Waals surface area contributed by atoms with Gasteiger partial charge in [-0.3, -0.25) is 14.8 Å². The standard InChI is InChI=1S/C36H37ClN6O5/c1-5-46-32-19-29-27(18-30(32)42-33(44)14-12-26-10-8-16-43(26)35(45)48-36(2,3)4)34(23(20-38)21-40-29)41-24-11-13-31(28(37)17-24)47-22-25-9-6-7-15-39-25/h6-7,9,11-15,17-19,21,26H,5,8,10,16,22H2,1-4H3,(H,40,41)(H,42,44)/b14-12+/t26-/m0/s1. The summed E-state index contributed by atoms with van der Waals surface area (Å²) in [5, 5.41) is 17.1. The van der Waals surface area contributed by atoms with Crippen molar-refractivity contribution in [3.05, 3.63) is 89.4 Å². The zero-order chi connectivity index (χ0) is 34.3. The molecule has 1 saturated heterocycles. The number of nitrogens with zero attached hydrogens (tertiary/aromatic N) is 4. The van der Waals surface area contributed by atoms with Gasteiger partial charge in [-0.1, -0.05) is 23.7 Å². The highest BCUT2D eigenvalue weighted by Crippen LogP contribution is 2.37. The minimum Gasteiger partial charge on any atom is -0.492 e. The highest BCUT2D eigenvalue weighted by molar-refractivity contribution is 6.32. The molecule has 0 radical (unpaired) electrons. The summed E-state index contributed by atoms with van der Waals surface area (Å²) >= 11 is 6.56. The SMILES string of the molecule is CCOc1cc2ncc(C#N)c(Nc3ccc(OCc4ccccn4)c(Cl)c3)c2cc1NC(=O)/C=C/[C@@H]1CCCN1C(=O)OC(C)(C)C. The third-order valence-corrected chi connectivity index (χ3v) is 7.64. The monoisotopic (exact) mass is 668 g/mol. The fourth-order valence-corrected chi connectivity index (χ4v) is 5.43. The molecular formula is C36H37ClN6O5. The number of nitriles is 1. The van der Waals surface area contributed by atoms with Crippen molar-refractivity contribution in [2.75, 3.05) is 23.8 Å². The third kappa shape index (κ3) is 8.52. The summed E-state index contributed by atoms with van der Waals surface area (Å²) in [7, 11) is 0. The number of halogens is 1. The van der Waals surface area contributed by atoms with E-state index in [4.69, 9.17) is 25.8 Å². The first-order valence-corrected chi connectivity index (χ1v) is 16.0. The van der Waals surface area contributed by atoms with Crippen molar-refractivity contribution in [3.8, 4) is 17.6 Å². The second-order valence-corrected chi connectivity index (χ2v) is 12.5. The van der Waals surface area contributed by atoms with Crippen LogP contribution in [0, 0.1) is 11.3 Å². The molecule has 2 N–H and O–H groups in total. The number of pyridine rings is 2. The van der Waals surface area contributed by atoms with E-state index in [1.54, 1.807) is 47.5 Å². The molecule has 1 atom stereocenters. The Morgan fingerprint density at radius 2 is 1.96 bits per heavy atom. The molecule has 2 aromatic heterocycles. The summed E-state index contributed by atoms with van der Waals surface area (Å²) in [5.74, 6) is 0.501. The van der Waals surface area contributed by atoms with Crippen molar-refractivity contribution in [2.24, 2.45) is 0 Å². The van der Waals surface area contributed by atoms with Gasteiger partial charge in [0, 0.05) is 42.2 Å². The second-order valence-electron chi connectivity index (χ2n) is 12.1. The zero-order valence-corrected chi connectivity index (χ0v) is 28.0.